The van der Waals surface area contributed by atoms with Gasteiger partial charge in [0.25, 0.3) is 5.56 Å². The Morgan fingerprint density at radius 2 is 1.63 bits per heavy atom. The normalized spacial score (nSPS) is 15.1. The number of fused-ring (bicyclic) bond motifs is 4. The van der Waals surface area contributed by atoms with Gasteiger partial charge in [-0.2, -0.15) is 0 Å². The van der Waals surface area contributed by atoms with E-state index < -0.39 is 0 Å². The summed E-state index contributed by atoms with van der Waals surface area (Å²) in [5.74, 6) is 0.121. The van der Waals surface area contributed by atoms with E-state index in [2.05, 4.69) is 11.0 Å². The molecule has 1 saturated heterocycles. The molecule has 0 aliphatic carbocycles. The predicted molar refractivity (Wildman–Crippen MR) is 120 cm³/mol. The minimum Gasteiger partial charge on any atom is -0.367 e. The van der Waals surface area contributed by atoms with Gasteiger partial charge in [0.15, 0.2) is 0 Å². The first kappa shape index (κ1) is 17.2. The van der Waals surface area contributed by atoms with Gasteiger partial charge in [-0.3, -0.25) is 14.0 Å². The molecule has 30 heavy (non-hydrogen) atoms. The lowest BCUT2D eigenvalue weighted by Crippen LogP contribution is -2.48. The molecule has 0 spiro atoms. The van der Waals surface area contributed by atoms with Gasteiger partial charge in [0.05, 0.1) is 11.0 Å². The van der Waals surface area contributed by atoms with Crippen LogP contribution in [0.5, 0.6) is 0 Å². The Morgan fingerprint density at radius 1 is 0.867 bits per heavy atom. The highest BCUT2D eigenvalue weighted by Crippen LogP contribution is 2.35. The first-order chi connectivity index (χ1) is 14.6. The lowest BCUT2D eigenvalue weighted by molar-refractivity contribution is -0.129. The summed E-state index contributed by atoms with van der Waals surface area (Å²) < 4.78 is 1.73. The summed E-state index contributed by atoms with van der Waals surface area (Å²) in [7, 11) is 0. The summed E-state index contributed by atoms with van der Waals surface area (Å²) in [6, 6.07) is 17.9. The summed E-state index contributed by atoms with van der Waals surface area (Å²) in [5, 5.41) is 3.73. The molecule has 0 saturated carbocycles. The minimum atomic E-state index is -0.0321. The van der Waals surface area contributed by atoms with Gasteiger partial charge in [-0.1, -0.05) is 30.3 Å². The summed E-state index contributed by atoms with van der Waals surface area (Å²) in [4.78, 5) is 34.1. The minimum absolute atomic E-state index is 0.0321. The molecule has 3 aromatic carbocycles. The molecule has 1 amide bonds. The van der Waals surface area contributed by atoms with Crippen molar-refractivity contribution in [3.63, 3.8) is 0 Å². The van der Waals surface area contributed by atoms with Gasteiger partial charge in [-0.15, -0.1) is 0 Å². The number of amides is 1. The first-order valence-electron chi connectivity index (χ1n) is 10.2. The third kappa shape index (κ3) is 2.27. The number of nitrogens with zero attached hydrogens (tertiary/aromatic N) is 4. The largest absolute Gasteiger partial charge is 0.367 e. The van der Waals surface area contributed by atoms with Gasteiger partial charge in [-0.25, -0.2) is 4.98 Å². The maximum absolute atomic E-state index is 13.4. The summed E-state index contributed by atoms with van der Waals surface area (Å²) >= 11 is 0. The highest BCUT2D eigenvalue weighted by atomic mass is 16.2. The fourth-order valence-electron chi connectivity index (χ4n) is 4.83. The van der Waals surface area contributed by atoms with E-state index in [0.717, 1.165) is 46.0 Å². The number of piperazine rings is 1. The fourth-order valence-corrected chi connectivity index (χ4v) is 4.83. The molecule has 5 aromatic rings. The molecule has 6 rings (SSSR count). The van der Waals surface area contributed by atoms with E-state index >= 15 is 0 Å². The monoisotopic (exact) mass is 396 g/mol. The van der Waals surface area contributed by atoms with Crippen LogP contribution in [-0.2, 0) is 4.79 Å². The van der Waals surface area contributed by atoms with E-state index in [9.17, 15) is 9.59 Å². The molecule has 0 atom stereocenters. The number of imidazole rings is 1. The van der Waals surface area contributed by atoms with Crippen molar-refractivity contribution < 1.29 is 4.79 Å². The van der Waals surface area contributed by atoms with Crippen molar-refractivity contribution in [2.24, 2.45) is 0 Å². The fraction of sp³-hybridized carbons (Fsp3) is 0.208. The zero-order valence-electron chi connectivity index (χ0n) is 16.6. The Morgan fingerprint density at radius 3 is 2.43 bits per heavy atom. The molecular weight excluding hydrogens is 376 g/mol. The third-order valence-corrected chi connectivity index (χ3v) is 6.32. The van der Waals surface area contributed by atoms with E-state index in [1.54, 1.807) is 11.3 Å². The van der Waals surface area contributed by atoms with E-state index in [-0.39, 0.29) is 11.5 Å². The zero-order valence-corrected chi connectivity index (χ0v) is 16.6. The van der Waals surface area contributed by atoms with E-state index in [0.29, 0.717) is 24.1 Å². The number of benzene rings is 3. The Bertz CT molecular complexity index is 1510. The smallest absolute Gasteiger partial charge is 0.264 e. The van der Waals surface area contributed by atoms with Gasteiger partial charge in [0.2, 0.25) is 5.91 Å². The van der Waals surface area contributed by atoms with Gasteiger partial charge < -0.3 is 9.80 Å². The average molecular weight is 396 g/mol. The van der Waals surface area contributed by atoms with Gasteiger partial charge in [-0.05, 0) is 24.3 Å². The molecule has 1 fully saturated rings. The molecule has 0 N–H and O–H groups in total. The predicted octanol–water partition coefficient (Wildman–Crippen LogP) is 3.26. The molecule has 6 heteroatoms. The van der Waals surface area contributed by atoms with Crippen LogP contribution < -0.4 is 10.5 Å². The van der Waals surface area contributed by atoms with Crippen LogP contribution >= 0.6 is 0 Å². The highest BCUT2D eigenvalue weighted by molar-refractivity contribution is 6.18. The second kappa shape index (κ2) is 6.16. The van der Waals surface area contributed by atoms with Gasteiger partial charge >= 0.3 is 0 Å². The molecule has 1 aliphatic heterocycles. The third-order valence-electron chi connectivity index (χ3n) is 6.32. The van der Waals surface area contributed by atoms with Crippen molar-refractivity contribution in [1.29, 1.82) is 0 Å². The van der Waals surface area contributed by atoms with Crippen LogP contribution in [0.3, 0.4) is 0 Å². The quantitative estimate of drug-likeness (QED) is 0.436. The van der Waals surface area contributed by atoms with Gasteiger partial charge in [0, 0.05) is 60.3 Å². The maximum atomic E-state index is 13.4. The first-order valence-corrected chi connectivity index (χ1v) is 10.2. The number of hydrogen-bond acceptors (Lipinski definition) is 4. The van der Waals surface area contributed by atoms with Gasteiger partial charge in [0.1, 0.15) is 5.65 Å². The van der Waals surface area contributed by atoms with Crippen LogP contribution in [0.2, 0.25) is 0 Å². The van der Waals surface area contributed by atoms with Crippen LogP contribution in [0, 0.1) is 0 Å². The number of hydrogen-bond donors (Lipinski definition) is 0. The van der Waals surface area contributed by atoms with Crippen molar-refractivity contribution >= 4 is 49.8 Å². The molecule has 0 unspecified atom stereocenters. The Balaban J connectivity index is 1.62. The van der Waals surface area contributed by atoms with Crippen molar-refractivity contribution in [2.45, 2.75) is 6.92 Å². The van der Waals surface area contributed by atoms with Crippen LogP contribution in [0.25, 0.3) is 38.2 Å². The molecule has 6 nitrogen and oxygen atoms in total. The van der Waals surface area contributed by atoms with Crippen molar-refractivity contribution in [3.05, 3.63) is 65.0 Å². The van der Waals surface area contributed by atoms with E-state index in [4.69, 9.17) is 4.98 Å². The molecule has 0 bridgehead atoms. The van der Waals surface area contributed by atoms with Crippen molar-refractivity contribution in [3.8, 4) is 0 Å². The summed E-state index contributed by atoms with van der Waals surface area (Å²) in [6.45, 7) is 4.62. The van der Waals surface area contributed by atoms with Crippen molar-refractivity contribution in [1.82, 2.24) is 14.3 Å². The number of anilines is 1. The zero-order chi connectivity index (χ0) is 20.4. The number of pyridine rings is 1. The molecule has 2 aromatic heterocycles. The van der Waals surface area contributed by atoms with Crippen LogP contribution in [-0.4, -0.2) is 46.4 Å². The SMILES string of the molecule is CC(=O)N1CCN(c2ccc3c(=O)n4c5ccccc5nc4c4cccc2c34)CC1. The highest BCUT2D eigenvalue weighted by Gasteiger charge is 2.22. The Labute approximate surface area is 172 Å². The molecule has 1 aliphatic rings. The van der Waals surface area contributed by atoms with Crippen LogP contribution in [0.15, 0.2) is 59.4 Å². The topological polar surface area (TPSA) is 57.9 Å². The lowest BCUT2D eigenvalue weighted by Gasteiger charge is -2.36. The number of para-hydroxylation sites is 2. The number of carbonyl (C=O) groups excluding carboxylic acids is 1. The van der Waals surface area contributed by atoms with E-state index in [1.807, 2.05) is 53.4 Å². The lowest BCUT2D eigenvalue weighted by atomic mass is 10.00. The molecule has 0 radical (unpaired) electrons. The summed E-state index contributed by atoms with van der Waals surface area (Å²) in [6.07, 6.45) is 0. The number of rotatable bonds is 1. The number of carbonyl (C=O) groups is 1. The standard InChI is InChI=1S/C24H20N4O2/c1-15(29)26-11-13-27(14-12-26)20-10-9-18-22-16(20)5-4-6-17(22)23-25-19-7-2-3-8-21(19)28(23)24(18)30/h2-10H,11-14H2,1H3. The maximum Gasteiger partial charge on any atom is 0.264 e. The number of aromatic nitrogens is 2. The Kier molecular flexibility index (Phi) is 3.53. The average Bonchev–Trinajstić information content (AvgIpc) is 3.17. The second-order valence-corrected chi connectivity index (χ2v) is 7.92. The molecule has 148 valence electrons. The van der Waals surface area contributed by atoms with Crippen LogP contribution in [0.1, 0.15) is 6.92 Å². The summed E-state index contributed by atoms with van der Waals surface area (Å²) in [5.41, 5.74) is 3.44. The molecular formula is C24H20N4O2. The van der Waals surface area contributed by atoms with E-state index in [1.165, 1.54) is 0 Å². The second-order valence-electron chi connectivity index (χ2n) is 7.92. The molecule has 3 heterocycles. The van der Waals surface area contributed by atoms with Crippen LogP contribution in [0.4, 0.5) is 5.69 Å². The Hall–Kier alpha value is -3.67. The van der Waals surface area contributed by atoms with Crippen molar-refractivity contribution in [2.75, 3.05) is 31.1 Å².